The molecule has 1 rings (SSSR count). The summed E-state index contributed by atoms with van der Waals surface area (Å²) in [7, 11) is 0. The van der Waals surface area contributed by atoms with Gasteiger partial charge in [0.25, 0.3) is 0 Å². The number of benzene rings is 1. The molecule has 0 saturated heterocycles. The summed E-state index contributed by atoms with van der Waals surface area (Å²) in [6.07, 6.45) is 1.67. The summed E-state index contributed by atoms with van der Waals surface area (Å²) >= 11 is 0. The zero-order valence-electron chi connectivity index (χ0n) is 13.0. The Morgan fingerprint density at radius 3 is 2.40 bits per heavy atom. The third-order valence-electron chi connectivity index (χ3n) is 3.58. The molecule has 1 atom stereocenters. The molecule has 0 aliphatic rings. The smallest absolute Gasteiger partial charge is 0.244 e. The minimum atomic E-state index is -0.0228. The molecule has 1 unspecified atom stereocenters. The first-order valence-electron chi connectivity index (χ1n) is 7.34. The normalized spacial score (nSPS) is 13.3. The van der Waals surface area contributed by atoms with Gasteiger partial charge in [-0.25, -0.2) is 0 Å². The van der Waals surface area contributed by atoms with Gasteiger partial charge in [0, 0.05) is 18.7 Å². The molecule has 20 heavy (non-hydrogen) atoms. The Kier molecular flexibility index (Phi) is 7.02. The van der Waals surface area contributed by atoms with Crippen LogP contribution in [0, 0.1) is 0 Å². The summed E-state index contributed by atoms with van der Waals surface area (Å²) in [5.41, 5.74) is 2.07. The number of hydrogen-bond acceptors (Lipinski definition) is 2. The lowest BCUT2D eigenvalue weighted by molar-refractivity contribution is -0.116. The van der Waals surface area contributed by atoms with Gasteiger partial charge in [-0.05, 0) is 38.1 Å². The van der Waals surface area contributed by atoms with Crippen molar-refractivity contribution in [2.45, 2.75) is 33.7 Å². The van der Waals surface area contributed by atoms with Crippen molar-refractivity contribution in [3.63, 3.8) is 0 Å². The summed E-state index contributed by atoms with van der Waals surface area (Å²) in [6, 6.07) is 10.3. The lowest BCUT2D eigenvalue weighted by Gasteiger charge is -2.26. The van der Waals surface area contributed by atoms with Crippen LogP contribution < -0.4 is 5.32 Å². The number of allylic oxidation sites excluding steroid dienone is 1. The van der Waals surface area contributed by atoms with Crippen LogP contribution in [0.15, 0.2) is 36.4 Å². The van der Waals surface area contributed by atoms with Crippen LogP contribution in [0.25, 0.3) is 5.57 Å². The second-order valence-electron chi connectivity index (χ2n) is 5.01. The molecule has 0 aliphatic heterocycles. The van der Waals surface area contributed by atoms with Crippen LogP contribution >= 0.6 is 0 Å². The largest absolute Gasteiger partial charge is 0.351 e. The van der Waals surface area contributed by atoms with E-state index in [0.29, 0.717) is 12.6 Å². The minimum Gasteiger partial charge on any atom is -0.351 e. The van der Waals surface area contributed by atoms with Crippen LogP contribution in [0.3, 0.4) is 0 Å². The van der Waals surface area contributed by atoms with Crippen LogP contribution in [-0.2, 0) is 4.79 Å². The third-order valence-corrected chi connectivity index (χ3v) is 3.58. The quantitative estimate of drug-likeness (QED) is 0.775. The molecule has 0 aromatic heterocycles. The highest BCUT2D eigenvalue weighted by atomic mass is 16.1. The van der Waals surface area contributed by atoms with Gasteiger partial charge in [-0.15, -0.1) is 0 Å². The minimum absolute atomic E-state index is 0.0228. The lowest BCUT2D eigenvalue weighted by Crippen LogP contribution is -2.41. The van der Waals surface area contributed by atoms with Gasteiger partial charge in [-0.1, -0.05) is 44.2 Å². The standard InChI is InChI=1S/C17H26N2O/c1-5-19(6-2)15(4)13-18-17(20)12-14(3)16-10-8-7-9-11-16/h7-12,15H,5-6,13H2,1-4H3,(H,18,20)/b14-12+. The molecule has 1 aromatic carbocycles. The van der Waals surface area contributed by atoms with Gasteiger partial charge in [0.2, 0.25) is 5.91 Å². The Bertz CT molecular complexity index is 436. The molecule has 0 radical (unpaired) electrons. The van der Waals surface area contributed by atoms with Crippen molar-refractivity contribution < 1.29 is 4.79 Å². The monoisotopic (exact) mass is 274 g/mol. The lowest BCUT2D eigenvalue weighted by atomic mass is 10.1. The summed E-state index contributed by atoms with van der Waals surface area (Å²) in [6.45, 7) is 11.1. The van der Waals surface area contributed by atoms with Gasteiger partial charge < -0.3 is 5.32 Å². The van der Waals surface area contributed by atoms with E-state index in [1.54, 1.807) is 6.08 Å². The first-order valence-corrected chi connectivity index (χ1v) is 7.34. The number of rotatable bonds is 7. The molecule has 0 bridgehead atoms. The first-order chi connectivity index (χ1) is 9.58. The summed E-state index contributed by atoms with van der Waals surface area (Å²) in [5, 5.41) is 2.98. The zero-order valence-corrected chi connectivity index (χ0v) is 13.0. The van der Waals surface area contributed by atoms with Crippen LogP contribution in [0.2, 0.25) is 0 Å². The maximum atomic E-state index is 11.9. The van der Waals surface area contributed by atoms with E-state index in [9.17, 15) is 4.79 Å². The van der Waals surface area contributed by atoms with Gasteiger partial charge in [-0.3, -0.25) is 9.69 Å². The molecule has 3 heteroatoms. The fourth-order valence-corrected chi connectivity index (χ4v) is 2.26. The van der Waals surface area contributed by atoms with E-state index in [1.165, 1.54) is 0 Å². The number of carbonyl (C=O) groups excluding carboxylic acids is 1. The highest BCUT2D eigenvalue weighted by Crippen LogP contribution is 2.12. The van der Waals surface area contributed by atoms with Gasteiger partial charge in [0.15, 0.2) is 0 Å². The van der Waals surface area contributed by atoms with Crippen molar-refractivity contribution in [3.8, 4) is 0 Å². The summed E-state index contributed by atoms with van der Waals surface area (Å²) in [4.78, 5) is 14.3. The molecule has 110 valence electrons. The molecule has 1 amide bonds. The maximum absolute atomic E-state index is 11.9. The molecule has 1 aromatic rings. The third kappa shape index (κ3) is 5.17. The van der Waals surface area contributed by atoms with E-state index >= 15 is 0 Å². The second-order valence-corrected chi connectivity index (χ2v) is 5.01. The van der Waals surface area contributed by atoms with E-state index in [-0.39, 0.29) is 5.91 Å². The number of nitrogens with one attached hydrogen (secondary N) is 1. The van der Waals surface area contributed by atoms with Gasteiger partial charge in [-0.2, -0.15) is 0 Å². The number of nitrogens with zero attached hydrogens (tertiary/aromatic N) is 1. The Balaban J connectivity index is 2.51. The van der Waals surface area contributed by atoms with E-state index < -0.39 is 0 Å². The van der Waals surface area contributed by atoms with Crippen molar-refractivity contribution in [1.82, 2.24) is 10.2 Å². The predicted octanol–water partition coefficient (Wildman–Crippen LogP) is 2.94. The molecule has 0 aliphatic carbocycles. The Labute approximate surface area is 122 Å². The Hall–Kier alpha value is -1.61. The summed E-state index contributed by atoms with van der Waals surface area (Å²) < 4.78 is 0. The average Bonchev–Trinajstić information content (AvgIpc) is 2.47. The van der Waals surface area contributed by atoms with E-state index in [1.807, 2.05) is 37.3 Å². The van der Waals surface area contributed by atoms with Crippen molar-refractivity contribution >= 4 is 11.5 Å². The first kappa shape index (κ1) is 16.4. The SMILES string of the molecule is CCN(CC)C(C)CNC(=O)/C=C(\C)c1ccccc1. The topological polar surface area (TPSA) is 32.3 Å². The molecular weight excluding hydrogens is 248 g/mol. The van der Waals surface area contributed by atoms with E-state index in [0.717, 1.165) is 24.2 Å². The maximum Gasteiger partial charge on any atom is 0.244 e. The van der Waals surface area contributed by atoms with Crippen LogP contribution in [0.5, 0.6) is 0 Å². The van der Waals surface area contributed by atoms with Crippen LogP contribution in [-0.4, -0.2) is 36.5 Å². The van der Waals surface area contributed by atoms with Crippen molar-refractivity contribution in [2.24, 2.45) is 0 Å². The van der Waals surface area contributed by atoms with E-state index in [2.05, 4.69) is 31.0 Å². The van der Waals surface area contributed by atoms with Crippen molar-refractivity contribution in [1.29, 1.82) is 0 Å². The summed E-state index contributed by atoms with van der Waals surface area (Å²) in [5.74, 6) is -0.0228. The predicted molar refractivity (Wildman–Crippen MR) is 85.5 cm³/mol. The number of hydrogen-bond donors (Lipinski definition) is 1. The average molecular weight is 274 g/mol. The fourth-order valence-electron chi connectivity index (χ4n) is 2.26. The molecule has 0 saturated carbocycles. The molecule has 3 nitrogen and oxygen atoms in total. The Morgan fingerprint density at radius 2 is 1.85 bits per heavy atom. The highest BCUT2D eigenvalue weighted by molar-refractivity contribution is 5.94. The second kappa shape index (κ2) is 8.54. The highest BCUT2D eigenvalue weighted by Gasteiger charge is 2.10. The number of carbonyl (C=O) groups is 1. The molecule has 0 heterocycles. The Morgan fingerprint density at radius 1 is 1.25 bits per heavy atom. The molecule has 1 N–H and O–H groups in total. The molecule has 0 fully saturated rings. The zero-order chi connectivity index (χ0) is 15.0. The van der Waals surface area contributed by atoms with Gasteiger partial charge >= 0.3 is 0 Å². The van der Waals surface area contributed by atoms with Gasteiger partial charge in [0.05, 0.1) is 0 Å². The fraction of sp³-hybridized carbons (Fsp3) is 0.471. The van der Waals surface area contributed by atoms with Crippen molar-refractivity contribution in [3.05, 3.63) is 42.0 Å². The molecular formula is C17H26N2O. The van der Waals surface area contributed by atoms with Crippen LogP contribution in [0.1, 0.15) is 33.3 Å². The van der Waals surface area contributed by atoms with Crippen LogP contribution in [0.4, 0.5) is 0 Å². The van der Waals surface area contributed by atoms with E-state index in [4.69, 9.17) is 0 Å². The number of likely N-dealkylation sites (N-methyl/N-ethyl adjacent to an activating group) is 1. The van der Waals surface area contributed by atoms with Gasteiger partial charge in [0.1, 0.15) is 0 Å². The van der Waals surface area contributed by atoms with Crippen molar-refractivity contribution in [2.75, 3.05) is 19.6 Å². The number of amides is 1. The molecule has 0 spiro atoms.